The van der Waals surface area contributed by atoms with Gasteiger partial charge in [-0.1, -0.05) is 33.1 Å². The fraction of sp³-hybridized carbons (Fsp3) is 0.929. The van der Waals surface area contributed by atoms with Gasteiger partial charge in [-0.3, -0.25) is 4.99 Å². The van der Waals surface area contributed by atoms with Crippen molar-refractivity contribution in [2.45, 2.75) is 64.8 Å². The Morgan fingerprint density at radius 2 is 1.84 bits per heavy atom. The number of aliphatic hydroxyl groups is 1. The largest absolute Gasteiger partial charge is 0.396 e. The van der Waals surface area contributed by atoms with Crippen molar-refractivity contribution in [1.82, 2.24) is 5.32 Å². The summed E-state index contributed by atoms with van der Waals surface area (Å²) in [6.07, 6.45) is 8.17. The summed E-state index contributed by atoms with van der Waals surface area (Å²) in [5, 5.41) is 12.8. The minimum atomic E-state index is -0.0983. The van der Waals surface area contributed by atoms with E-state index in [-0.39, 0.29) is 36.0 Å². The van der Waals surface area contributed by atoms with Crippen LogP contribution < -0.4 is 11.1 Å². The van der Waals surface area contributed by atoms with Crippen LogP contribution in [0.4, 0.5) is 0 Å². The second-order valence-electron chi connectivity index (χ2n) is 5.55. The van der Waals surface area contributed by atoms with Crippen molar-refractivity contribution in [3.05, 3.63) is 0 Å². The smallest absolute Gasteiger partial charge is 0.188 e. The number of hydrogen-bond donors (Lipinski definition) is 3. The lowest BCUT2D eigenvalue weighted by molar-refractivity contribution is 0.123. The van der Waals surface area contributed by atoms with E-state index in [1.165, 1.54) is 32.1 Å². The zero-order valence-electron chi connectivity index (χ0n) is 12.3. The van der Waals surface area contributed by atoms with Crippen LogP contribution in [-0.4, -0.2) is 30.3 Å². The molecule has 0 heterocycles. The maximum absolute atomic E-state index is 9.48. The van der Waals surface area contributed by atoms with Crippen molar-refractivity contribution in [2.75, 3.05) is 13.2 Å². The zero-order valence-corrected chi connectivity index (χ0v) is 14.7. The molecule has 114 valence electrons. The summed E-state index contributed by atoms with van der Waals surface area (Å²) in [6.45, 7) is 4.99. The molecule has 1 saturated carbocycles. The summed E-state index contributed by atoms with van der Waals surface area (Å²) in [5.74, 6) is 0.543. The molecule has 0 amide bonds. The number of aliphatic imine (C=N–C) groups is 1. The van der Waals surface area contributed by atoms with Gasteiger partial charge < -0.3 is 16.2 Å². The van der Waals surface area contributed by atoms with Crippen LogP contribution in [0.2, 0.25) is 0 Å². The summed E-state index contributed by atoms with van der Waals surface area (Å²) in [4.78, 5) is 4.43. The Labute approximate surface area is 134 Å². The van der Waals surface area contributed by atoms with Gasteiger partial charge in [-0.25, -0.2) is 0 Å². The molecule has 0 radical (unpaired) electrons. The Morgan fingerprint density at radius 1 is 1.26 bits per heavy atom. The predicted molar refractivity (Wildman–Crippen MR) is 92.0 cm³/mol. The molecular formula is C14H30IN3O. The lowest BCUT2D eigenvalue weighted by atomic mass is 9.83. The number of nitrogens with one attached hydrogen (secondary N) is 1. The number of nitrogens with zero attached hydrogens (tertiary/aromatic N) is 1. The van der Waals surface area contributed by atoms with Gasteiger partial charge in [0.15, 0.2) is 5.96 Å². The fourth-order valence-electron chi connectivity index (χ4n) is 2.50. The molecule has 1 aliphatic rings. The summed E-state index contributed by atoms with van der Waals surface area (Å²) in [6, 6.07) is 0.495. The minimum Gasteiger partial charge on any atom is -0.396 e. The van der Waals surface area contributed by atoms with Crippen molar-refractivity contribution >= 4 is 29.9 Å². The molecule has 0 aromatic heterocycles. The van der Waals surface area contributed by atoms with Gasteiger partial charge >= 0.3 is 0 Å². The summed E-state index contributed by atoms with van der Waals surface area (Å²) >= 11 is 0. The average Bonchev–Trinajstić information content (AvgIpc) is 2.42. The molecule has 0 aromatic rings. The van der Waals surface area contributed by atoms with Crippen LogP contribution in [0.5, 0.6) is 0 Å². The number of rotatable bonds is 6. The maximum atomic E-state index is 9.48. The number of aliphatic hydroxyl groups excluding tert-OH is 1. The van der Waals surface area contributed by atoms with Crippen LogP contribution in [0, 0.1) is 5.41 Å². The van der Waals surface area contributed by atoms with Crippen LogP contribution in [-0.2, 0) is 0 Å². The van der Waals surface area contributed by atoms with Crippen LogP contribution in [0.15, 0.2) is 4.99 Å². The summed E-state index contributed by atoms with van der Waals surface area (Å²) in [5.41, 5.74) is 5.83. The standard InChI is InChI=1S/C14H29N3O.HI/c1-3-14(4-2,11-18)10-16-13(15)17-12-8-6-5-7-9-12;/h12,18H,3-11H2,1-2H3,(H3,15,16,17);1H. The quantitative estimate of drug-likeness (QED) is 0.375. The molecule has 0 aromatic carbocycles. The van der Waals surface area contributed by atoms with Crippen molar-refractivity contribution in [1.29, 1.82) is 0 Å². The number of halogens is 1. The summed E-state index contributed by atoms with van der Waals surface area (Å²) in [7, 11) is 0. The highest BCUT2D eigenvalue weighted by molar-refractivity contribution is 14.0. The predicted octanol–water partition coefficient (Wildman–Crippen LogP) is 2.64. The van der Waals surface area contributed by atoms with E-state index in [1.807, 2.05) is 0 Å². The highest BCUT2D eigenvalue weighted by Gasteiger charge is 2.25. The molecule has 0 atom stereocenters. The Hall–Kier alpha value is -0.0400. The Balaban J connectivity index is 0.00000324. The van der Waals surface area contributed by atoms with Crippen LogP contribution in [0.1, 0.15) is 58.8 Å². The van der Waals surface area contributed by atoms with Crippen molar-refractivity contribution in [2.24, 2.45) is 16.1 Å². The molecule has 4 nitrogen and oxygen atoms in total. The van der Waals surface area contributed by atoms with Gasteiger partial charge in [0.2, 0.25) is 0 Å². The van der Waals surface area contributed by atoms with E-state index >= 15 is 0 Å². The molecule has 1 aliphatic carbocycles. The van der Waals surface area contributed by atoms with Gasteiger partial charge in [0, 0.05) is 11.5 Å². The molecule has 19 heavy (non-hydrogen) atoms. The first-order chi connectivity index (χ1) is 8.65. The lowest BCUT2D eigenvalue weighted by Gasteiger charge is -2.28. The molecule has 0 saturated heterocycles. The van der Waals surface area contributed by atoms with Crippen molar-refractivity contribution in [3.8, 4) is 0 Å². The zero-order chi connectivity index (χ0) is 13.4. The van der Waals surface area contributed by atoms with Gasteiger partial charge in [0.1, 0.15) is 0 Å². The average molecular weight is 383 g/mol. The molecule has 1 rings (SSSR count). The first kappa shape index (κ1) is 19.0. The molecule has 0 aliphatic heterocycles. The monoisotopic (exact) mass is 383 g/mol. The first-order valence-electron chi connectivity index (χ1n) is 7.33. The molecule has 4 N–H and O–H groups in total. The highest BCUT2D eigenvalue weighted by atomic mass is 127. The second kappa shape index (κ2) is 9.80. The molecule has 5 heteroatoms. The molecule has 0 bridgehead atoms. The number of nitrogens with two attached hydrogens (primary N) is 1. The SMILES string of the molecule is CCC(CC)(CO)CN=C(N)NC1CCCCC1.I. The molecular weight excluding hydrogens is 353 g/mol. The maximum Gasteiger partial charge on any atom is 0.188 e. The van der Waals surface area contributed by atoms with E-state index in [0.717, 1.165) is 12.8 Å². The first-order valence-corrected chi connectivity index (χ1v) is 7.33. The van der Waals surface area contributed by atoms with Crippen LogP contribution in [0.25, 0.3) is 0 Å². The van der Waals surface area contributed by atoms with E-state index in [4.69, 9.17) is 5.73 Å². The van der Waals surface area contributed by atoms with Crippen LogP contribution >= 0.6 is 24.0 Å². The molecule has 1 fully saturated rings. The Bertz CT molecular complexity index is 253. The van der Waals surface area contributed by atoms with Gasteiger partial charge in [0.05, 0.1) is 13.2 Å². The van der Waals surface area contributed by atoms with E-state index in [1.54, 1.807) is 0 Å². The van der Waals surface area contributed by atoms with Crippen molar-refractivity contribution in [3.63, 3.8) is 0 Å². The third-order valence-corrected chi connectivity index (χ3v) is 4.38. The van der Waals surface area contributed by atoms with Crippen LogP contribution in [0.3, 0.4) is 0 Å². The molecule has 0 spiro atoms. The number of hydrogen-bond acceptors (Lipinski definition) is 2. The summed E-state index contributed by atoms with van der Waals surface area (Å²) < 4.78 is 0. The van der Waals surface area contributed by atoms with Gasteiger partial charge in [-0.15, -0.1) is 24.0 Å². The van der Waals surface area contributed by atoms with E-state index in [9.17, 15) is 5.11 Å². The lowest BCUT2D eigenvalue weighted by Crippen LogP contribution is -2.42. The van der Waals surface area contributed by atoms with Gasteiger partial charge in [0.25, 0.3) is 0 Å². The van der Waals surface area contributed by atoms with Gasteiger partial charge in [-0.2, -0.15) is 0 Å². The topological polar surface area (TPSA) is 70.6 Å². The Morgan fingerprint density at radius 3 is 2.32 bits per heavy atom. The normalized spacial score (nSPS) is 17.9. The third-order valence-electron chi connectivity index (χ3n) is 4.38. The van der Waals surface area contributed by atoms with Gasteiger partial charge in [-0.05, 0) is 25.7 Å². The minimum absolute atomic E-state index is 0. The van der Waals surface area contributed by atoms with E-state index in [0.29, 0.717) is 18.5 Å². The Kier molecular flexibility index (Phi) is 9.78. The van der Waals surface area contributed by atoms with E-state index in [2.05, 4.69) is 24.2 Å². The number of guanidine groups is 1. The second-order valence-corrected chi connectivity index (χ2v) is 5.55. The van der Waals surface area contributed by atoms with Crippen molar-refractivity contribution < 1.29 is 5.11 Å². The highest BCUT2D eigenvalue weighted by Crippen LogP contribution is 2.25. The molecule has 0 unspecified atom stereocenters. The third kappa shape index (κ3) is 6.29. The fourth-order valence-corrected chi connectivity index (χ4v) is 2.50. The van der Waals surface area contributed by atoms with E-state index < -0.39 is 0 Å².